The third kappa shape index (κ3) is 3.82. The molecular formula is C34H35N. The van der Waals surface area contributed by atoms with E-state index in [-0.39, 0.29) is 10.8 Å². The Kier molecular flexibility index (Phi) is 4.87. The third-order valence-electron chi connectivity index (χ3n) is 7.40. The van der Waals surface area contributed by atoms with E-state index in [4.69, 9.17) is 4.98 Å². The quantitative estimate of drug-likeness (QED) is 0.236. The fraction of sp³-hybridized carbons (Fsp3) is 0.324. The van der Waals surface area contributed by atoms with Gasteiger partial charge in [-0.3, -0.25) is 4.98 Å². The van der Waals surface area contributed by atoms with Gasteiger partial charge in [-0.25, -0.2) is 0 Å². The highest BCUT2D eigenvalue weighted by Gasteiger charge is 2.27. The molecule has 0 spiro atoms. The first-order valence-electron chi connectivity index (χ1n) is 13.0. The van der Waals surface area contributed by atoms with Crippen LogP contribution in [-0.2, 0) is 19.3 Å². The number of nitrogens with zero attached hydrogens (tertiary/aromatic N) is 1. The molecule has 1 heteroatoms. The fourth-order valence-electron chi connectivity index (χ4n) is 6.15. The maximum Gasteiger partial charge on any atom is 0.0786 e. The van der Waals surface area contributed by atoms with Gasteiger partial charge in [-0.1, -0.05) is 84.0 Å². The summed E-state index contributed by atoms with van der Waals surface area (Å²) in [4.78, 5) is 5.01. The lowest BCUT2D eigenvalue weighted by atomic mass is 9.76. The lowest BCUT2D eigenvalue weighted by Gasteiger charge is -2.28. The second kappa shape index (κ2) is 7.65. The minimum atomic E-state index is 0.209. The molecule has 1 nitrogen and oxygen atoms in total. The average molecular weight is 458 g/mol. The van der Waals surface area contributed by atoms with Crippen LogP contribution in [0.4, 0.5) is 0 Å². The van der Waals surface area contributed by atoms with Crippen LogP contribution < -0.4 is 0 Å². The van der Waals surface area contributed by atoms with Crippen LogP contribution in [0.25, 0.3) is 43.6 Å². The lowest BCUT2D eigenvalue weighted by Crippen LogP contribution is -2.14. The Morgan fingerprint density at radius 2 is 1.46 bits per heavy atom. The number of rotatable bonds is 2. The molecule has 1 aliphatic carbocycles. The molecule has 4 aromatic carbocycles. The highest BCUT2D eigenvalue weighted by molar-refractivity contribution is 6.15. The van der Waals surface area contributed by atoms with E-state index in [0.29, 0.717) is 0 Å². The number of hydrogen-bond donors (Lipinski definition) is 0. The third-order valence-corrected chi connectivity index (χ3v) is 7.40. The summed E-state index contributed by atoms with van der Waals surface area (Å²) >= 11 is 0. The van der Waals surface area contributed by atoms with E-state index in [0.717, 1.165) is 25.0 Å². The molecule has 1 aromatic heterocycles. The van der Waals surface area contributed by atoms with Crippen LogP contribution in [0.15, 0.2) is 66.9 Å². The Bertz CT molecular complexity index is 1620. The second-order valence-electron chi connectivity index (χ2n) is 12.9. The number of aromatic nitrogens is 1. The van der Waals surface area contributed by atoms with E-state index in [2.05, 4.69) is 102 Å². The van der Waals surface area contributed by atoms with Crippen molar-refractivity contribution in [3.8, 4) is 11.3 Å². The summed E-state index contributed by atoms with van der Waals surface area (Å²) in [5.41, 5.74) is 8.78. The summed E-state index contributed by atoms with van der Waals surface area (Å²) in [6, 6.07) is 22.9. The molecule has 0 N–H and O–H groups in total. The Hall–Kier alpha value is -3.19. The van der Waals surface area contributed by atoms with Gasteiger partial charge in [0.1, 0.15) is 0 Å². The summed E-state index contributed by atoms with van der Waals surface area (Å²) in [6.45, 7) is 14.0. The van der Waals surface area contributed by atoms with E-state index in [1.54, 1.807) is 0 Å². The van der Waals surface area contributed by atoms with Gasteiger partial charge in [0.05, 0.1) is 5.69 Å². The minimum absolute atomic E-state index is 0.209. The molecule has 0 saturated heterocycles. The largest absolute Gasteiger partial charge is 0.256 e. The van der Waals surface area contributed by atoms with Crippen molar-refractivity contribution in [1.29, 1.82) is 0 Å². The van der Waals surface area contributed by atoms with E-state index in [1.807, 2.05) is 6.20 Å². The molecule has 0 bridgehead atoms. The zero-order valence-corrected chi connectivity index (χ0v) is 21.9. The van der Waals surface area contributed by atoms with Crippen LogP contribution in [0, 0.1) is 10.8 Å². The average Bonchev–Trinajstić information content (AvgIpc) is 2.78. The van der Waals surface area contributed by atoms with Crippen molar-refractivity contribution in [3.63, 3.8) is 0 Å². The molecule has 35 heavy (non-hydrogen) atoms. The smallest absolute Gasteiger partial charge is 0.0786 e. The summed E-state index contributed by atoms with van der Waals surface area (Å²) in [6.07, 6.45) is 5.13. The Labute approximate surface area is 209 Å². The van der Waals surface area contributed by atoms with Gasteiger partial charge in [-0.05, 0) is 97.5 Å². The SMILES string of the molecule is CC(C)(C)Cc1c2c(cc3ccccc13)-c1nccc3c1c(cc1c(CC(C)(C)C)cccc13)C2. The maximum atomic E-state index is 5.01. The standard InChI is InChI=1S/C34H35N/c1-33(2,3)19-22-11-9-13-25-26-14-15-35-32-29-16-21-10-7-8-12-24(21)30(20-34(4,5)6)28(29)18-23(31(26)32)17-27(22)25/h7-17H,18-20H2,1-6H3. The molecule has 6 rings (SSSR count). The van der Waals surface area contributed by atoms with E-state index < -0.39 is 0 Å². The van der Waals surface area contributed by atoms with Crippen LogP contribution in [0.5, 0.6) is 0 Å². The van der Waals surface area contributed by atoms with Crippen LogP contribution in [0.1, 0.15) is 63.8 Å². The minimum Gasteiger partial charge on any atom is -0.256 e. The number of benzene rings is 4. The normalized spacial score (nSPS) is 13.5. The molecular weight excluding hydrogens is 422 g/mol. The van der Waals surface area contributed by atoms with Crippen molar-refractivity contribution < 1.29 is 0 Å². The molecule has 0 unspecified atom stereocenters. The first-order chi connectivity index (χ1) is 16.6. The zero-order valence-electron chi connectivity index (χ0n) is 21.9. The van der Waals surface area contributed by atoms with Crippen LogP contribution >= 0.6 is 0 Å². The molecule has 1 heterocycles. The molecule has 5 aromatic rings. The number of hydrogen-bond acceptors (Lipinski definition) is 1. The van der Waals surface area contributed by atoms with Crippen LogP contribution in [0.2, 0.25) is 0 Å². The molecule has 0 amide bonds. The van der Waals surface area contributed by atoms with Crippen molar-refractivity contribution in [3.05, 3.63) is 89.1 Å². The molecule has 0 radical (unpaired) electrons. The van der Waals surface area contributed by atoms with E-state index >= 15 is 0 Å². The van der Waals surface area contributed by atoms with Crippen molar-refractivity contribution in [2.24, 2.45) is 10.8 Å². The monoisotopic (exact) mass is 457 g/mol. The molecule has 176 valence electrons. The van der Waals surface area contributed by atoms with Gasteiger partial charge < -0.3 is 0 Å². The highest BCUT2D eigenvalue weighted by atomic mass is 14.7. The predicted molar refractivity (Wildman–Crippen MR) is 151 cm³/mol. The summed E-state index contributed by atoms with van der Waals surface area (Å²) in [5.74, 6) is 0. The van der Waals surface area contributed by atoms with Crippen LogP contribution in [0.3, 0.4) is 0 Å². The van der Waals surface area contributed by atoms with Crippen molar-refractivity contribution in [2.75, 3.05) is 0 Å². The molecule has 0 fully saturated rings. The molecule has 0 saturated carbocycles. The predicted octanol–water partition coefficient (Wildman–Crippen LogP) is 9.29. The van der Waals surface area contributed by atoms with Gasteiger partial charge >= 0.3 is 0 Å². The van der Waals surface area contributed by atoms with Gasteiger partial charge in [0, 0.05) is 17.1 Å². The number of pyridine rings is 1. The van der Waals surface area contributed by atoms with Crippen LogP contribution in [-0.4, -0.2) is 4.98 Å². The Balaban J connectivity index is 1.69. The van der Waals surface area contributed by atoms with Crippen molar-refractivity contribution in [1.82, 2.24) is 4.98 Å². The highest BCUT2D eigenvalue weighted by Crippen LogP contribution is 2.45. The first-order valence-corrected chi connectivity index (χ1v) is 13.0. The fourth-order valence-corrected chi connectivity index (χ4v) is 6.15. The van der Waals surface area contributed by atoms with Gasteiger partial charge in [0.15, 0.2) is 0 Å². The van der Waals surface area contributed by atoms with Gasteiger partial charge in [0.2, 0.25) is 0 Å². The first kappa shape index (κ1) is 22.3. The summed E-state index contributed by atoms with van der Waals surface area (Å²) in [7, 11) is 0. The van der Waals surface area contributed by atoms with Crippen molar-refractivity contribution in [2.45, 2.75) is 60.8 Å². The van der Waals surface area contributed by atoms with E-state index in [9.17, 15) is 0 Å². The van der Waals surface area contributed by atoms with Gasteiger partial charge in [-0.15, -0.1) is 0 Å². The maximum absolute atomic E-state index is 5.01. The topological polar surface area (TPSA) is 12.9 Å². The zero-order chi connectivity index (χ0) is 24.5. The second-order valence-corrected chi connectivity index (χ2v) is 12.9. The molecule has 0 aliphatic heterocycles. The molecule has 0 atom stereocenters. The van der Waals surface area contributed by atoms with Gasteiger partial charge in [-0.2, -0.15) is 0 Å². The summed E-state index contributed by atoms with van der Waals surface area (Å²) in [5, 5.41) is 8.16. The molecule has 1 aliphatic rings. The van der Waals surface area contributed by atoms with Gasteiger partial charge in [0.25, 0.3) is 0 Å². The van der Waals surface area contributed by atoms with Crippen molar-refractivity contribution >= 4 is 32.3 Å². The Morgan fingerprint density at radius 1 is 0.714 bits per heavy atom. The lowest BCUT2D eigenvalue weighted by molar-refractivity contribution is 0.411. The Morgan fingerprint density at radius 3 is 2.23 bits per heavy atom. The van der Waals surface area contributed by atoms with E-state index in [1.165, 1.54) is 60.1 Å². The number of fused-ring (bicyclic) bond motifs is 5. The summed E-state index contributed by atoms with van der Waals surface area (Å²) < 4.78 is 0.